The molecule has 0 aliphatic carbocycles. The molecule has 0 fully saturated rings. The molecule has 1 atom stereocenters. The van der Waals surface area contributed by atoms with Crippen LogP contribution in [0.2, 0.25) is 0 Å². The van der Waals surface area contributed by atoms with Gasteiger partial charge < -0.3 is 10.4 Å². The van der Waals surface area contributed by atoms with Crippen LogP contribution >= 0.6 is 0 Å². The summed E-state index contributed by atoms with van der Waals surface area (Å²) in [6.07, 6.45) is 2.68. The first kappa shape index (κ1) is 13.0. The minimum Gasteiger partial charge on any atom is -0.396 e. The summed E-state index contributed by atoms with van der Waals surface area (Å²) in [6.45, 7) is 4.15. The molecule has 0 saturated carbocycles. The molecule has 18 heavy (non-hydrogen) atoms. The Kier molecular flexibility index (Phi) is 4.67. The molecule has 1 heterocycles. The highest BCUT2D eigenvalue weighted by Crippen LogP contribution is 2.15. The Hall–Kier alpha value is -1.45. The smallest absolute Gasteiger partial charge is 0.0746 e. The lowest BCUT2D eigenvalue weighted by molar-refractivity contribution is 0.260. The summed E-state index contributed by atoms with van der Waals surface area (Å²) < 4.78 is 0. The summed E-state index contributed by atoms with van der Waals surface area (Å²) in [4.78, 5) is 4.44. The zero-order valence-electron chi connectivity index (χ0n) is 10.8. The maximum Gasteiger partial charge on any atom is 0.0746 e. The lowest BCUT2D eigenvalue weighted by Gasteiger charge is -2.12. The number of hydrogen-bond donors (Lipinski definition) is 2. The molecule has 0 radical (unpaired) electrons. The predicted octanol–water partition coefficient (Wildman–Crippen LogP) is 2.34. The number of fused-ring (bicyclic) bond motifs is 1. The Morgan fingerprint density at radius 1 is 1.28 bits per heavy atom. The normalized spacial score (nSPS) is 12.8. The Balaban J connectivity index is 1.99. The van der Waals surface area contributed by atoms with Crippen molar-refractivity contribution in [3.05, 3.63) is 42.1 Å². The zero-order chi connectivity index (χ0) is 12.8. The van der Waals surface area contributed by atoms with Crippen molar-refractivity contribution in [2.45, 2.75) is 19.9 Å². The molecule has 1 unspecified atom stereocenters. The maximum atomic E-state index is 8.86. The van der Waals surface area contributed by atoms with E-state index in [4.69, 9.17) is 5.11 Å². The highest BCUT2D eigenvalue weighted by atomic mass is 16.3. The van der Waals surface area contributed by atoms with Crippen molar-refractivity contribution >= 4 is 10.9 Å². The molecule has 2 aromatic rings. The van der Waals surface area contributed by atoms with Gasteiger partial charge in [0.15, 0.2) is 0 Å². The van der Waals surface area contributed by atoms with E-state index in [-0.39, 0.29) is 6.61 Å². The summed E-state index contributed by atoms with van der Waals surface area (Å²) in [5.74, 6) is 0.498. The van der Waals surface area contributed by atoms with Crippen LogP contribution in [0.1, 0.15) is 18.9 Å². The molecule has 0 amide bonds. The van der Waals surface area contributed by atoms with E-state index >= 15 is 0 Å². The Morgan fingerprint density at radius 2 is 2.11 bits per heavy atom. The second-order valence-electron chi connectivity index (χ2n) is 4.74. The van der Waals surface area contributed by atoms with Crippen LogP contribution in [-0.2, 0) is 6.54 Å². The number of aliphatic hydroxyl groups excluding tert-OH is 1. The minimum absolute atomic E-state index is 0.263. The second-order valence-corrected chi connectivity index (χ2v) is 4.74. The molecule has 0 bridgehead atoms. The van der Waals surface area contributed by atoms with Crippen molar-refractivity contribution in [3.63, 3.8) is 0 Å². The minimum atomic E-state index is 0.263. The maximum absolute atomic E-state index is 8.86. The van der Waals surface area contributed by atoms with E-state index in [2.05, 4.69) is 41.5 Å². The Bertz CT molecular complexity index is 493. The van der Waals surface area contributed by atoms with Crippen molar-refractivity contribution < 1.29 is 5.11 Å². The molecule has 1 aromatic heterocycles. The average molecular weight is 244 g/mol. The van der Waals surface area contributed by atoms with Gasteiger partial charge in [0.2, 0.25) is 0 Å². The third-order valence-corrected chi connectivity index (χ3v) is 3.15. The number of hydrogen-bond acceptors (Lipinski definition) is 3. The first-order chi connectivity index (χ1) is 8.81. The van der Waals surface area contributed by atoms with E-state index < -0.39 is 0 Å². The van der Waals surface area contributed by atoms with E-state index in [0.29, 0.717) is 5.92 Å². The summed E-state index contributed by atoms with van der Waals surface area (Å²) in [7, 11) is 0. The van der Waals surface area contributed by atoms with Crippen LogP contribution in [0.15, 0.2) is 36.5 Å². The summed E-state index contributed by atoms with van der Waals surface area (Å²) in [5, 5.41) is 13.5. The van der Waals surface area contributed by atoms with Crippen LogP contribution in [-0.4, -0.2) is 23.2 Å². The van der Waals surface area contributed by atoms with Crippen LogP contribution in [0.4, 0.5) is 0 Å². The van der Waals surface area contributed by atoms with Crippen LogP contribution in [0, 0.1) is 5.92 Å². The molecule has 0 saturated heterocycles. The standard InChI is InChI=1S/C15H20N2O/c1-12(7-9-18)10-16-11-14-5-2-4-13-6-3-8-17-15(13)14/h2-6,8,12,16,18H,7,9-11H2,1H3. The fourth-order valence-corrected chi connectivity index (χ4v) is 2.09. The third-order valence-electron chi connectivity index (χ3n) is 3.15. The summed E-state index contributed by atoms with van der Waals surface area (Å²) >= 11 is 0. The SMILES string of the molecule is CC(CCO)CNCc1cccc2cccnc12. The van der Waals surface area contributed by atoms with Gasteiger partial charge in [-0.3, -0.25) is 4.98 Å². The van der Waals surface area contributed by atoms with E-state index in [9.17, 15) is 0 Å². The number of aromatic nitrogens is 1. The number of pyridine rings is 1. The quantitative estimate of drug-likeness (QED) is 0.820. The molecule has 3 heteroatoms. The van der Waals surface area contributed by atoms with Crippen molar-refractivity contribution in [2.24, 2.45) is 5.92 Å². The molecule has 0 aliphatic rings. The fraction of sp³-hybridized carbons (Fsp3) is 0.400. The number of para-hydroxylation sites is 1. The molecule has 0 spiro atoms. The van der Waals surface area contributed by atoms with E-state index in [1.165, 1.54) is 10.9 Å². The summed E-state index contributed by atoms with van der Waals surface area (Å²) in [5.41, 5.74) is 2.30. The molecule has 1 aromatic carbocycles. The van der Waals surface area contributed by atoms with Crippen molar-refractivity contribution in [1.29, 1.82) is 0 Å². The molecule has 3 nitrogen and oxygen atoms in total. The number of rotatable bonds is 6. The van der Waals surface area contributed by atoms with Gasteiger partial charge in [-0.25, -0.2) is 0 Å². The van der Waals surface area contributed by atoms with Gasteiger partial charge in [0.05, 0.1) is 5.52 Å². The molecular formula is C15H20N2O. The highest BCUT2D eigenvalue weighted by molar-refractivity contribution is 5.81. The third kappa shape index (κ3) is 3.28. The van der Waals surface area contributed by atoms with E-state index in [1.807, 2.05) is 12.3 Å². The van der Waals surface area contributed by atoms with Gasteiger partial charge in [-0.1, -0.05) is 31.2 Å². The molecule has 2 rings (SSSR count). The van der Waals surface area contributed by atoms with Crippen molar-refractivity contribution in [1.82, 2.24) is 10.3 Å². The topological polar surface area (TPSA) is 45.1 Å². The van der Waals surface area contributed by atoms with Crippen LogP contribution in [0.5, 0.6) is 0 Å². The van der Waals surface area contributed by atoms with Gasteiger partial charge in [-0.05, 0) is 30.5 Å². The van der Waals surface area contributed by atoms with Gasteiger partial charge in [0.1, 0.15) is 0 Å². The van der Waals surface area contributed by atoms with Crippen LogP contribution in [0.3, 0.4) is 0 Å². The largest absolute Gasteiger partial charge is 0.396 e. The van der Waals surface area contributed by atoms with E-state index in [0.717, 1.165) is 25.0 Å². The predicted molar refractivity (Wildman–Crippen MR) is 74.3 cm³/mol. The van der Waals surface area contributed by atoms with Crippen LogP contribution < -0.4 is 5.32 Å². The van der Waals surface area contributed by atoms with Gasteiger partial charge in [-0.15, -0.1) is 0 Å². The molecular weight excluding hydrogens is 224 g/mol. The second kappa shape index (κ2) is 6.47. The first-order valence-electron chi connectivity index (χ1n) is 6.45. The van der Waals surface area contributed by atoms with Crippen molar-refractivity contribution in [2.75, 3.05) is 13.2 Å². The molecule has 96 valence electrons. The molecule has 0 aliphatic heterocycles. The highest BCUT2D eigenvalue weighted by Gasteiger charge is 2.03. The number of aliphatic hydroxyl groups is 1. The number of benzene rings is 1. The van der Waals surface area contributed by atoms with E-state index in [1.54, 1.807) is 0 Å². The monoisotopic (exact) mass is 244 g/mol. The van der Waals surface area contributed by atoms with Gasteiger partial charge in [0.25, 0.3) is 0 Å². The first-order valence-corrected chi connectivity index (χ1v) is 6.45. The molecule has 2 N–H and O–H groups in total. The van der Waals surface area contributed by atoms with Gasteiger partial charge in [0, 0.05) is 24.7 Å². The Labute approximate surface area is 108 Å². The van der Waals surface area contributed by atoms with Gasteiger partial charge in [-0.2, -0.15) is 0 Å². The fourth-order valence-electron chi connectivity index (χ4n) is 2.09. The Morgan fingerprint density at radius 3 is 2.94 bits per heavy atom. The van der Waals surface area contributed by atoms with Crippen molar-refractivity contribution in [3.8, 4) is 0 Å². The lowest BCUT2D eigenvalue weighted by Crippen LogP contribution is -2.21. The average Bonchev–Trinajstić information content (AvgIpc) is 2.39. The number of nitrogens with zero attached hydrogens (tertiary/aromatic N) is 1. The van der Waals surface area contributed by atoms with Crippen LogP contribution in [0.25, 0.3) is 10.9 Å². The lowest BCUT2D eigenvalue weighted by atomic mass is 10.1. The summed E-state index contributed by atoms with van der Waals surface area (Å²) in [6, 6.07) is 10.3. The number of nitrogens with one attached hydrogen (secondary N) is 1. The van der Waals surface area contributed by atoms with Gasteiger partial charge >= 0.3 is 0 Å². The zero-order valence-corrected chi connectivity index (χ0v) is 10.8.